The second-order valence-corrected chi connectivity index (χ2v) is 21.5. The van der Waals surface area contributed by atoms with E-state index in [2.05, 4.69) is 185 Å². The topological polar surface area (TPSA) is 57.8 Å². The fraction of sp³-hybridized carbons (Fsp3) is 0.259. The molecule has 0 radical (unpaired) electrons. The minimum atomic E-state index is -0.848. The van der Waals surface area contributed by atoms with E-state index in [1.165, 1.54) is 55.7 Å². The number of nitrogens with zero attached hydrogens (tertiary/aromatic N) is 7. The molecule has 4 aliphatic rings. The lowest BCUT2D eigenvalue weighted by atomic mass is 10.00. The fourth-order valence-corrected chi connectivity index (χ4v) is 16.5. The standard InChI is InChI=1S/C54H55N8P2.HI/c1-4-5-25-43-39(2)35-49-53(55-56-60(49)37-40-20-8-6-9-21-40)54-50(64(57-63(54)3)38-41-22-10-7-11-23-41)31-32-51-58-33-18-19-34-59-46-28-15-16-29-47(46)61(43)52(59)36-42-24-12-13-26-44(42)62(51)48-30-17-14-27-45(48)58;/h4-17,20-30,51-52H,2,18-19,31-38H2,1,3H3;1H/q+1;/b5-4-,43-25+;. The van der Waals surface area contributed by atoms with Crippen molar-refractivity contribution in [1.82, 2.24) is 19.5 Å². The summed E-state index contributed by atoms with van der Waals surface area (Å²) in [6, 6.07) is 49.3. The number of halogens is 1. The summed E-state index contributed by atoms with van der Waals surface area (Å²) < 4.78 is 7.92. The van der Waals surface area contributed by atoms with Crippen LogP contribution in [-0.2, 0) is 38.6 Å². The summed E-state index contributed by atoms with van der Waals surface area (Å²) >= 11 is 0. The van der Waals surface area contributed by atoms with Gasteiger partial charge in [0.2, 0.25) is 0 Å². The SMILES string of the molecule is C=C1Cc2c(nnn2Cc2ccccc2)-c2c(p(Cc3ccccc3)n[p+]2C)CCC2N3c4ccccc4CC4N(CCCC[NH+]2c2ccccc23)c2ccccc2N4/C1=C/C=C\C.[I-]. The van der Waals surface area contributed by atoms with Gasteiger partial charge < -0.3 is 33.8 Å². The number of aryl methyl sites for hydroxylation is 1. The number of hydrogen-bond acceptors (Lipinski definition) is 6. The van der Waals surface area contributed by atoms with Crippen LogP contribution in [0.5, 0.6) is 0 Å². The number of allylic oxidation sites excluding steroid dienone is 4. The van der Waals surface area contributed by atoms with Crippen LogP contribution in [0.15, 0.2) is 170 Å². The third-order valence-electron chi connectivity index (χ3n) is 13.7. The molecule has 5 aromatic carbocycles. The van der Waals surface area contributed by atoms with Crippen LogP contribution in [0.4, 0.5) is 28.4 Å². The van der Waals surface area contributed by atoms with Gasteiger partial charge in [-0.05, 0) is 72.4 Å². The molecule has 4 aliphatic heterocycles. The normalized spacial score (nSPS) is 20.3. The number of nitrogens with one attached hydrogen (secondary N) is 1. The van der Waals surface area contributed by atoms with E-state index in [4.69, 9.17) is 21.4 Å². The molecule has 0 spiro atoms. The van der Waals surface area contributed by atoms with Crippen LogP contribution in [0.2, 0.25) is 0 Å². The van der Waals surface area contributed by atoms with Crippen LogP contribution >= 0.6 is 15.4 Å². The maximum absolute atomic E-state index is 5.76. The molecule has 6 heterocycles. The largest absolute Gasteiger partial charge is 1.00 e. The van der Waals surface area contributed by atoms with Gasteiger partial charge in [0.05, 0.1) is 48.7 Å². The number of fused-ring (bicyclic) bond motifs is 8. The average molecular weight is 1010 g/mol. The van der Waals surface area contributed by atoms with E-state index in [0.29, 0.717) is 13.0 Å². The third-order valence-corrected chi connectivity index (χ3v) is 18.7. The zero-order valence-electron chi connectivity index (χ0n) is 37.3. The van der Waals surface area contributed by atoms with Crippen LogP contribution < -0.4 is 43.6 Å². The molecule has 11 rings (SSSR count). The molecule has 0 saturated carbocycles. The highest BCUT2D eigenvalue weighted by atomic mass is 127. The zero-order chi connectivity index (χ0) is 43.1. The van der Waals surface area contributed by atoms with E-state index in [1.807, 2.05) is 0 Å². The molecule has 1 N–H and O–H groups in total. The first-order valence-electron chi connectivity index (χ1n) is 23.0. The molecule has 8 nitrogen and oxygen atoms in total. The van der Waals surface area contributed by atoms with Crippen LogP contribution in [0, 0.1) is 0 Å². The van der Waals surface area contributed by atoms with Crippen molar-refractivity contribution < 1.29 is 28.9 Å². The lowest BCUT2D eigenvalue weighted by Crippen LogP contribution is -3.11. The number of para-hydroxylation sites is 5. The smallest absolute Gasteiger partial charge is 0.172 e. The average Bonchev–Trinajstić information content (AvgIpc) is 4.03. The zero-order valence-corrected chi connectivity index (χ0v) is 41.2. The lowest BCUT2D eigenvalue weighted by Gasteiger charge is -2.37. The Kier molecular flexibility index (Phi) is 12.7. The molecule has 328 valence electrons. The van der Waals surface area contributed by atoms with Crippen LogP contribution in [0.25, 0.3) is 11.0 Å². The first kappa shape index (κ1) is 43.6. The summed E-state index contributed by atoms with van der Waals surface area (Å²) in [5.74, 6) is 0. The van der Waals surface area contributed by atoms with E-state index in [0.717, 1.165) is 74.0 Å². The molecule has 65 heavy (non-hydrogen) atoms. The minimum absolute atomic E-state index is 0. The molecule has 0 fully saturated rings. The Balaban J connectivity index is 0.00000498. The Hall–Kier alpha value is -5.31. The highest BCUT2D eigenvalue weighted by Gasteiger charge is 2.45. The summed E-state index contributed by atoms with van der Waals surface area (Å²) in [4.78, 5) is 9.63. The Morgan fingerprint density at radius 3 is 2.28 bits per heavy atom. The van der Waals surface area contributed by atoms with Gasteiger partial charge in [0.15, 0.2) is 11.9 Å². The van der Waals surface area contributed by atoms with Crippen molar-refractivity contribution in [3.63, 3.8) is 0 Å². The molecule has 2 aromatic heterocycles. The third kappa shape index (κ3) is 8.09. The molecule has 0 saturated heterocycles. The number of benzene rings is 5. The van der Waals surface area contributed by atoms with Gasteiger partial charge in [-0.25, -0.2) is 4.68 Å². The van der Waals surface area contributed by atoms with Gasteiger partial charge in [-0.3, -0.25) is 9.80 Å². The highest BCUT2D eigenvalue weighted by molar-refractivity contribution is 7.61. The van der Waals surface area contributed by atoms with Crippen LogP contribution in [0.1, 0.15) is 53.9 Å². The van der Waals surface area contributed by atoms with Gasteiger partial charge in [0.1, 0.15) is 43.5 Å². The van der Waals surface area contributed by atoms with E-state index < -0.39 is 15.4 Å². The first-order valence-corrected chi connectivity index (χ1v) is 26.2. The maximum atomic E-state index is 5.76. The Morgan fingerprint density at radius 1 is 0.800 bits per heavy atom. The van der Waals surface area contributed by atoms with E-state index >= 15 is 0 Å². The number of quaternary nitrogens is 1. The van der Waals surface area contributed by atoms with E-state index in [-0.39, 0.29) is 36.3 Å². The summed E-state index contributed by atoms with van der Waals surface area (Å²) in [6.45, 7) is 12.2. The van der Waals surface area contributed by atoms with E-state index in [9.17, 15) is 0 Å². The molecule has 0 aliphatic carbocycles. The van der Waals surface area contributed by atoms with Crippen molar-refractivity contribution in [3.05, 3.63) is 197 Å². The van der Waals surface area contributed by atoms with Gasteiger partial charge in [0.25, 0.3) is 0 Å². The number of hydrogen-bond donors (Lipinski definition) is 1. The maximum Gasteiger partial charge on any atom is 0.172 e. The van der Waals surface area contributed by atoms with Crippen LogP contribution in [-0.4, -0.2) is 44.9 Å². The van der Waals surface area contributed by atoms with Gasteiger partial charge in [-0.1, -0.05) is 132 Å². The van der Waals surface area contributed by atoms with Crippen molar-refractivity contribution in [2.24, 2.45) is 6.66 Å². The van der Waals surface area contributed by atoms with Crippen molar-refractivity contribution in [2.45, 2.75) is 70.5 Å². The molecule has 4 bridgehead atoms. The van der Waals surface area contributed by atoms with Crippen molar-refractivity contribution in [3.8, 4) is 11.0 Å². The molecular weight excluding hydrogens is 950 g/mol. The second-order valence-electron chi connectivity index (χ2n) is 17.6. The molecule has 5 unspecified atom stereocenters. The predicted octanol–water partition coefficient (Wildman–Crippen LogP) is 8.42. The predicted molar refractivity (Wildman–Crippen MR) is 267 cm³/mol. The quantitative estimate of drug-likeness (QED) is 0.175. The monoisotopic (exact) mass is 1010 g/mol. The number of aromatic nitrogens is 4. The summed E-state index contributed by atoms with van der Waals surface area (Å²) in [6.07, 6.45) is 13.5. The lowest BCUT2D eigenvalue weighted by molar-refractivity contribution is -0.853. The van der Waals surface area contributed by atoms with Gasteiger partial charge >= 0.3 is 0 Å². The highest BCUT2D eigenvalue weighted by Crippen LogP contribution is 2.54. The van der Waals surface area contributed by atoms with E-state index in [1.54, 1.807) is 4.90 Å². The van der Waals surface area contributed by atoms with Gasteiger partial charge in [0, 0.05) is 44.0 Å². The number of anilines is 4. The van der Waals surface area contributed by atoms with Crippen molar-refractivity contribution in [2.75, 3.05) is 27.8 Å². The van der Waals surface area contributed by atoms with Crippen molar-refractivity contribution in [1.29, 1.82) is 0 Å². The minimum Gasteiger partial charge on any atom is -1.00 e. The summed E-state index contributed by atoms with van der Waals surface area (Å²) in [7, 11) is -1.66. The van der Waals surface area contributed by atoms with Gasteiger partial charge in [-0.2, -0.15) is 0 Å². The summed E-state index contributed by atoms with van der Waals surface area (Å²) in [5.41, 5.74) is 14.8. The van der Waals surface area contributed by atoms with Crippen molar-refractivity contribution >= 4 is 43.8 Å². The number of rotatable bonds is 5. The molecule has 7 aromatic rings. The van der Waals surface area contributed by atoms with Crippen LogP contribution in [0.3, 0.4) is 0 Å². The summed E-state index contributed by atoms with van der Waals surface area (Å²) in [5, 5.41) is 13.1. The fourth-order valence-electron chi connectivity index (χ4n) is 10.9. The molecule has 11 heteroatoms. The molecule has 5 atom stereocenters. The molecular formula is C54H56IN8P2+. The Morgan fingerprint density at radius 2 is 1.49 bits per heavy atom. The first-order chi connectivity index (χ1) is 31.6. The molecule has 0 amide bonds. The Bertz CT molecular complexity index is 2900. The second kappa shape index (κ2) is 18.9. The Labute approximate surface area is 402 Å². The van der Waals surface area contributed by atoms with Gasteiger partial charge in [-0.15, -0.1) is 5.10 Å².